The first-order valence-electron chi connectivity index (χ1n) is 5.90. The number of aromatic hydroxyl groups is 1. The van der Waals surface area contributed by atoms with Crippen LogP contribution in [0.15, 0.2) is 29.1 Å². The lowest BCUT2D eigenvalue weighted by Crippen LogP contribution is -2.24. The van der Waals surface area contributed by atoms with Crippen LogP contribution in [0.2, 0.25) is 0 Å². The highest BCUT2D eigenvalue weighted by molar-refractivity contribution is 5.76. The predicted octanol–water partition coefficient (Wildman–Crippen LogP) is 1.50. The monoisotopic (exact) mass is 243 g/mol. The second kappa shape index (κ2) is 4.18. The zero-order valence-corrected chi connectivity index (χ0v) is 9.73. The molecular weight excluding hydrogens is 230 g/mol. The van der Waals surface area contributed by atoms with Gasteiger partial charge in [-0.25, -0.2) is 5.10 Å². The fourth-order valence-electron chi connectivity index (χ4n) is 2.22. The Morgan fingerprint density at radius 2 is 2.00 bits per heavy atom. The van der Waals surface area contributed by atoms with Gasteiger partial charge in [-0.2, -0.15) is 5.10 Å². The molecule has 3 N–H and O–H groups in total. The molecule has 1 aromatic heterocycles. The summed E-state index contributed by atoms with van der Waals surface area (Å²) in [6.07, 6.45) is 1.72. The number of rotatable bonds is 1. The van der Waals surface area contributed by atoms with E-state index in [2.05, 4.69) is 15.5 Å². The molecule has 0 radical (unpaired) electrons. The van der Waals surface area contributed by atoms with E-state index < -0.39 is 0 Å². The molecule has 18 heavy (non-hydrogen) atoms. The van der Waals surface area contributed by atoms with Gasteiger partial charge >= 0.3 is 0 Å². The molecule has 5 heteroatoms. The molecule has 2 aromatic rings. The molecule has 0 unspecified atom stereocenters. The van der Waals surface area contributed by atoms with E-state index in [1.165, 1.54) is 0 Å². The molecule has 0 fully saturated rings. The average Bonchev–Trinajstić information content (AvgIpc) is 2.41. The zero-order chi connectivity index (χ0) is 12.5. The summed E-state index contributed by atoms with van der Waals surface area (Å²) >= 11 is 0. The van der Waals surface area contributed by atoms with Crippen molar-refractivity contribution in [2.45, 2.75) is 12.8 Å². The minimum atomic E-state index is -0.125. The summed E-state index contributed by atoms with van der Waals surface area (Å²) in [5.41, 5.74) is 3.05. The molecule has 0 saturated carbocycles. The van der Waals surface area contributed by atoms with Gasteiger partial charge in [0.15, 0.2) is 0 Å². The Kier molecular flexibility index (Phi) is 2.51. The lowest BCUT2D eigenvalue weighted by atomic mass is 10.0. The van der Waals surface area contributed by atoms with Crippen molar-refractivity contribution in [2.24, 2.45) is 0 Å². The third-order valence-electron chi connectivity index (χ3n) is 3.13. The second-order valence-corrected chi connectivity index (χ2v) is 4.33. The van der Waals surface area contributed by atoms with Gasteiger partial charge in [0.05, 0.1) is 5.69 Å². The van der Waals surface area contributed by atoms with Crippen LogP contribution in [0, 0.1) is 0 Å². The van der Waals surface area contributed by atoms with E-state index in [0.717, 1.165) is 41.9 Å². The quantitative estimate of drug-likeness (QED) is 0.709. The number of aromatic amines is 1. The number of H-pyrrole nitrogens is 1. The van der Waals surface area contributed by atoms with Gasteiger partial charge in [-0.05, 0) is 37.1 Å². The number of nitrogens with zero attached hydrogens (tertiary/aromatic N) is 1. The van der Waals surface area contributed by atoms with Gasteiger partial charge in [0.2, 0.25) is 0 Å². The normalized spacial score (nSPS) is 13.8. The van der Waals surface area contributed by atoms with Crippen molar-refractivity contribution >= 4 is 5.69 Å². The Labute approximate surface area is 103 Å². The van der Waals surface area contributed by atoms with Crippen molar-refractivity contribution in [1.82, 2.24) is 10.2 Å². The van der Waals surface area contributed by atoms with E-state index in [-0.39, 0.29) is 11.3 Å². The first-order valence-corrected chi connectivity index (χ1v) is 5.90. The lowest BCUT2D eigenvalue weighted by molar-refractivity contribution is 0.475. The third kappa shape index (κ3) is 1.73. The third-order valence-corrected chi connectivity index (χ3v) is 3.13. The number of hydrogen-bond donors (Lipinski definition) is 3. The molecule has 1 aliphatic rings. The van der Waals surface area contributed by atoms with Gasteiger partial charge in [0, 0.05) is 17.7 Å². The van der Waals surface area contributed by atoms with E-state index in [4.69, 9.17) is 0 Å². The van der Waals surface area contributed by atoms with E-state index in [1.54, 1.807) is 24.3 Å². The van der Waals surface area contributed by atoms with Gasteiger partial charge in [-0.3, -0.25) is 4.79 Å². The molecule has 1 aromatic carbocycles. The minimum Gasteiger partial charge on any atom is -0.508 e. The highest BCUT2D eigenvalue weighted by atomic mass is 16.3. The fraction of sp³-hybridized carbons (Fsp3) is 0.231. The molecule has 0 bridgehead atoms. The highest BCUT2D eigenvalue weighted by Gasteiger charge is 2.18. The van der Waals surface area contributed by atoms with Crippen LogP contribution in [-0.4, -0.2) is 21.8 Å². The first-order chi connectivity index (χ1) is 8.75. The lowest BCUT2D eigenvalue weighted by Gasteiger charge is -2.19. The van der Waals surface area contributed by atoms with Crippen LogP contribution in [0.1, 0.15) is 12.0 Å². The van der Waals surface area contributed by atoms with Crippen LogP contribution < -0.4 is 10.9 Å². The Bertz CT molecular complexity index is 632. The molecular formula is C13H13N3O2. The zero-order valence-electron chi connectivity index (χ0n) is 9.73. The van der Waals surface area contributed by atoms with E-state index >= 15 is 0 Å². The number of hydrogen-bond acceptors (Lipinski definition) is 4. The van der Waals surface area contributed by atoms with Crippen molar-refractivity contribution in [2.75, 3.05) is 11.9 Å². The maximum Gasteiger partial charge on any atom is 0.269 e. The molecule has 0 atom stereocenters. The van der Waals surface area contributed by atoms with Crippen molar-refractivity contribution in [3.8, 4) is 17.0 Å². The van der Waals surface area contributed by atoms with Crippen molar-refractivity contribution < 1.29 is 5.11 Å². The molecule has 0 spiro atoms. The molecule has 1 aliphatic heterocycles. The van der Waals surface area contributed by atoms with Crippen LogP contribution in [0.3, 0.4) is 0 Å². The Morgan fingerprint density at radius 1 is 1.22 bits per heavy atom. The second-order valence-electron chi connectivity index (χ2n) is 4.33. The first kappa shape index (κ1) is 10.8. The van der Waals surface area contributed by atoms with Crippen molar-refractivity contribution in [3.05, 3.63) is 40.2 Å². The number of fused-ring (bicyclic) bond motifs is 1. The number of phenolic OH excluding ortho intramolecular Hbond substituents is 1. The Balaban J connectivity index is 2.18. The van der Waals surface area contributed by atoms with E-state index in [0.29, 0.717) is 0 Å². The van der Waals surface area contributed by atoms with Crippen molar-refractivity contribution in [3.63, 3.8) is 0 Å². The molecule has 0 amide bonds. The van der Waals surface area contributed by atoms with E-state index in [1.807, 2.05) is 0 Å². The van der Waals surface area contributed by atoms with Gasteiger partial charge < -0.3 is 10.4 Å². The molecule has 0 saturated heterocycles. The largest absolute Gasteiger partial charge is 0.508 e. The SMILES string of the molecule is O=c1[nH]nc(-c2ccc(O)cc2)c2c1CCCN2. The van der Waals surface area contributed by atoms with Gasteiger partial charge in [0.25, 0.3) is 5.56 Å². The smallest absolute Gasteiger partial charge is 0.269 e. The maximum absolute atomic E-state index is 11.7. The predicted molar refractivity (Wildman–Crippen MR) is 68.8 cm³/mol. The summed E-state index contributed by atoms with van der Waals surface area (Å²) in [5, 5.41) is 19.2. The van der Waals surface area contributed by atoms with Crippen LogP contribution in [0.5, 0.6) is 5.75 Å². The van der Waals surface area contributed by atoms with Gasteiger partial charge in [-0.15, -0.1) is 0 Å². The standard InChI is InChI=1S/C13H13N3O2/c17-9-5-3-8(4-6-9)11-12-10(2-1-7-14-12)13(18)16-15-11/h3-6,14,17H,1-2,7H2,(H,16,18). The molecule has 5 nitrogen and oxygen atoms in total. The highest BCUT2D eigenvalue weighted by Crippen LogP contribution is 2.30. The summed E-state index contributed by atoms with van der Waals surface area (Å²) < 4.78 is 0. The number of aromatic nitrogens is 2. The van der Waals surface area contributed by atoms with Gasteiger partial charge in [0.1, 0.15) is 11.4 Å². The Hall–Kier alpha value is -2.30. The average molecular weight is 243 g/mol. The maximum atomic E-state index is 11.7. The van der Waals surface area contributed by atoms with Crippen molar-refractivity contribution in [1.29, 1.82) is 0 Å². The summed E-state index contributed by atoms with van der Waals surface area (Å²) in [5.74, 6) is 0.213. The molecule has 2 heterocycles. The summed E-state index contributed by atoms with van der Waals surface area (Å²) in [6, 6.07) is 6.79. The topological polar surface area (TPSA) is 78.0 Å². The molecule has 0 aliphatic carbocycles. The van der Waals surface area contributed by atoms with E-state index in [9.17, 15) is 9.90 Å². The van der Waals surface area contributed by atoms with Crippen LogP contribution in [-0.2, 0) is 6.42 Å². The summed E-state index contributed by atoms with van der Waals surface area (Å²) in [6.45, 7) is 0.850. The number of benzene rings is 1. The van der Waals surface area contributed by atoms with Crippen LogP contribution in [0.4, 0.5) is 5.69 Å². The van der Waals surface area contributed by atoms with Crippen LogP contribution in [0.25, 0.3) is 11.3 Å². The molecule has 92 valence electrons. The molecule has 3 rings (SSSR count). The number of nitrogens with one attached hydrogen (secondary N) is 2. The van der Waals surface area contributed by atoms with Crippen LogP contribution >= 0.6 is 0 Å². The van der Waals surface area contributed by atoms with Gasteiger partial charge in [-0.1, -0.05) is 0 Å². The number of phenols is 1. The fourth-order valence-corrected chi connectivity index (χ4v) is 2.22. The minimum absolute atomic E-state index is 0.125. The summed E-state index contributed by atoms with van der Waals surface area (Å²) in [4.78, 5) is 11.7. The Morgan fingerprint density at radius 3 is 2.78 bits per heavy atom. The number of anilines is 1. The summed E-state index contributed by atoms with van der Waals surface area (Å²) in [7, 11) is 0.